The minimum atomic E-state index is -0.458. The van der Waals surface area contributed by atoms with E-state index in [1.807, 2.05) is 12.2 Å². The van der Waals surface area contributed by atoms with Gasteiger partial charge in [0.15, 0.2) is 5.78 Å². The van der Waals surface area contributed by atoms with Gasteiger partial charge in [-0.25, -0.2) is 0 Å². The smallest absolute Gasteiger partial charge is 0.161 e. The summed E-state index contributed by atoms with van der Waals surface area (Å²) in [5.74, 6) is 0.255. The molecule has 0 aromatic rings. The number of unbranched alkanes of at least 4 members (excludes halogenated alkanes) is 4. The van der Waals surface area contributed by atoms with E-state index in [1.54, 1.807) is 0 Å². The number of aliphatic hydroxyl groups is 2. The Kier molecular flexibility index (Phi) is 6.39. The molecule has 0 aromatic heterocycles. The van der Waals surface area contributed by atoms with E-state index in [4.69, 9.17) is 0 Å². The number of hydrogen-bond donors (Lipinski definition) is 2. The van der Waals surface area contributed by atoms with Crippen LogP contribution in [0, 0.1) is 17.8 Å². The van der Waals surface area contributed by atoms with E-state index >= 15 is 0 Å². The lowest BCUT2D eigenvalue weighted by atomic mass is 9.90. The van der Waals surface area contributed by atoms with Crippen molar-refractivity contribution in [1.29, 1.82) is 0 Å². The number of hydrogen-bond acceptors (Lipinski definition) is 3. The van der Waals surface area contributed by atoms with Crippen LogP contribution in [-0.4, -0.2) is 28.2 Å². The van der Waals surface area contributed by atoms with Crippen molar-refractivity contribution in [2.45, 2.75) is 70.5 Å². The largest absolute Gasteiger partial charge is 0.392 e. The predicted octanol–water partition coefficient (Wildman–Crippen LogP) is 3.41. The van der Waals surface area contributed by atoms with Crippen molar-refractivity contribution in [3.05, 3.63) is 24.3 Å². The van der Waals surface area contributed by atoms with Crippen LogP contribution in [0.1, 0.15) is 58.3 Å². The number of carbonyl (C=O) groups is 1. The van der Waals surface area contributed by atoms with Gasteiger partial charge in [0, 0.05) is 11.8 Å². The van der Waals surface area contributed by atoms with E-state index < -0.39 is 12.2 Å². The van der Waals surface area contributed by atoms with E-state index in [0.717, 1.165) is 12.8 Å². The highest BCUT2D eigenvalue weighted by molar-refractivity contribution is 5.99. The average molecular weight is 306 g/mol. The maximum atomic E-state index is 12.0. The van der Waals surface area contributed by atoms with Crippen molar-refractivity contribution in [2.75, 3.05) is 0 Å². The number of carbonyl (C=O) groups excluding carboxylic acids is 1. The Bertz CT molecular complexity index is 426. The minimum Gasteiger partial charge on any atom is -0.392 e. The molecule has 3 heteroatoms. The van der Waals surface area contributed by atoms with Gasteiger partial charge in [-0.15, -0.1) is 0 Å². The summed E-state index contributed by atoms with van der Waals surface area (Å²) in [7, 11) is 0. The summed E-state index contributed by atoms with van der Waals surface area (Å²) in [4.78, 5) is 12.0. The molecule has 0 amide bonds. The van der Waals surface area contributed by atoms with E-state index in [0.29, 0.717) is 18.4 Å². The lowest BCUT2D eigenvalue weighted by Crippen LogP contribution is -2.17. The summed E-state index contributed by atoms with van der Waals surface area (Å²) >= 11 is 0. The minimum absolute atomic E-state index is 0.0112. The molecule has 22 heavy (non-hydrogen) atoms. The molecule has 0 bridgehead atoms. The summed E-state index contributed by atoms with van der Waals surface area (Å²) in [5, 5.41) is 20.2. The first-order chi connectivity index (χ1) is 10.5. The summed E-state index contributed by atoms with van der Waals surface area (Å²) in [5.41, 5.74) is 0.705. The molecular formula is C19H30O3. The standard InChI is InChI=1S/C19H30O3/c1-3-4-5-6-7-8-14(20)9-10-15-16-11-13(2)19(22)17(16)12-18(15)21/h9-10,14-18,20-21H,2-8,11-12H2,1H3/b10-9+/t14-,15-,16-,17-,18+/m0/s1. The molecule has 2 rings (SSSR count). The van der Waals surface area contributed by atoms with Gasteiger partial charge in [-0.2, -0.15) is 0 Å². The highest BCUT2D eigenvalue weighted by Gasteiger charge is 2.49. The van der Waals surface area contributed by atoms with Crippen LogP contribution < -0.4 is 0 Å². The van der Waals surface area contributed by atoms with Gasteiger partial charge in [0.05, 0.1) is 12.2 Å². The Morgan fingerprint density at radius 1 is 1.32 bits per heavy atom. The van der Waals surface area contributed by atoms with Gasteiger partial charge in [-0.3, -0.25) is 4.79 Å². The van der Waals surface area contributed by atoms with Gasteiger partial charge in [-0.1, -0.05) is 57.8 Å². The third kappa shape index (κ3) is 4.08. The van der Waals surface area contributed by atoms with E-state index in [1.165, 1.54) is 25.7 Å². The van der Waals surface area contributed by atoms with Crippen LogP contribution in [0.25, 0.3) is 0 Å². The number of fused-ring (bicyclic) bond motifs is 1. The highest BCUT2D eigenvalue weighted by atomic mass is 16.3. The maximum absolute atomic E-state index is 12.0. The van der Waals surface area contributed by atoms with Crippen molar-refractivity contribution in [3.8, 4) is 0 Å². The molecule has 0 unspecified atom stereocenters. The Hall–Kier alpha value is -0.930. The zero-order valence-corrected chi connectivity index (χ0v) is 13.7. The van der Waals surface area contributed by atoms with Crippen molar-refractivity contribution < 1.29 is 15.0 Å². The fraction of sp³-hybridized carbons (Fsp3) is 0.737. The molecule has 0 aromatic carbocycles. The van der Waals surface area contributed by atoms with Gasteiger partial charge < -0.3 is 10.2 Å². The molecule has 2 aliphatic carbocycles. The number of allylic oxidation sites excluding steroid dienone is 1. The first kappa shape index (κ1) is 17.4. The first-order valence-corrected chi connectivity index (χ1v) is 8.81. The lowest BCUT2D eigenvalue weighted by Gasteiger charge is -2.17. The van der Waals surface area contributed by atoms with Crippen LogP contribution in [0.15, 0.2) is 24.3 Å². The summed E-state index contributed by atoms with van der Waals surface area (Å²) in [6.45, 7) is 6.03. The predicted molar refractivity (Wildman–Crippen MR) is 88.4 cm³/mol. The number of rotatable bonds is 8. The number of aliphatic hydroxyl groups excluding tert-OH is 2. The van der Waals surface area contributed by atoms with Crippen molar-refractivity contribution in [2.24, 2.45) is 17.8 Å². The monoisotopic (exact) mass is 306 g/mol. The fourth-order valence-corrected chi connectivity index (χ4v) is 3.95. The SMILES string of the molecule is C=C1C[C@H]2[C@H](/C=C/[C@@H](O)CCCCCCC)[C@H](O)C[C@@H]2C1=O. The molecule has 0 spiro atoms. The second-order valence-electron chi connectivity index (χ2n) is 6.98. The Labute approximate surface area is 134 Å². The molecule has 5 atom stereocenters. The van der Waals surface area contributed by atoms with Crippen LogP contribution in [0.5, 0.6) is 0 Å². The molecule has 0 heterocycles. The second kappa shape index (κ2) is 8.07. The molecule has 2 saturated carbocycles. The summed E-state index contributed by atoms with van der Waals surface area (Å²) in [6.07, 6.45) is 10.8. The van der Waals surface area contributed by atoms with E-state index in [9.17, 15) is 15.0 Å². The van der Waals surface area contributed by atoms with Crippen LogP contribution >= 0.6 is 0 Å². The highest BCUT2D eigenvalue weighted by Crippen LogP contribution is 2.48. The van der Waals surface area contributed by atoms with Crippen LogP contribution in [0.2, 0.25) is 0 Å². The topological polar surface area (TPSA) is 57.5 Å². The third-order valence-corrected chi connectivity index (χ3v) is 5.28. The molecule has 2 N–H and O–H groups in total. The molecular weight excluding hydrogens is 276 g/mol. The molecule has 0 saturated heterocycles. The fourth-order valence-electron chi connectivity index (χ4n) is 3.95. The molecule has 0 radical (unpaired) electrons. The average Bonchev–Trinajstić information content (AvgIpc) is 2.93. The molecule has 3 nitrogen and oxygen atoms in total. The van der Waals surface area contributed by atoms with Crippen molar-refractivity contribution >= 4 is 5.78 Å². The van der Waals surface area contributed by atoms with Crippen molar-refractivity contribution in [3.63, 3.8) is 0 Å². The Morgan fingerprint density at radius 3 is 2.77 bits per heavy atom. The molecule has 124 valence electrons. The first-order valence-electron chi connectivity index (χ1n) is 8.81. The third-order valence-electron chi connectivity index (χ3n) is 5.28. The summed E-state index contributed by atoms with van der Waals surface area (Å²) < 4.78 is 0. The number of Topliss-reactive ketones (excluding diaryl/α,β-unsaturated/α-hetero) is 1. The van der Waals surface area contributed by atoms with Gasteiger partial charge in [0.1, 0.15) is 0 Å². The Morgan fingerprint density at radius 2 is 2.05 bits per heavy atom. The summed E-state index contributed by atoms with van der Waals surface area (Å²) in [6, 6.07) is 0. The zero-order chi connectivity index (χ0) is 16.1. The lowest BCUT2D eigenvalue weighted by molar-refractivity contribution is -0.118. The van der Waals surface area contributed by atoms with Crippen LogP contribution in [-0.2, 0) is 4.79 Å². The van der Waals surface area contributed by atoms with Crippen molar-refractivity contribution in [1.82, 2.24) is 0 Å². The van der Waals surface area contributed by atoms with Crippen LogP contribution in [0.4, 0.5) is 0 Å². The molecule has 0 aliphatic heterocycles. The number of ketones is 1. The van der Waals surface area contributed by atoms with E-state index in [2.05, 4.69) is 13.5 Å². The van der Waals surface area contributed by atoms with Gasteiger partial charge >= 0.3 is 0 Å². The zero-order valence-electron chi connectivity index (χ0n) is 13.7. The molecule has 2 aliphatic rings. The molecule has 2 fully saturated rings. The quantitative estimate of drug-likeness (QED) is 0.410. The maximum Gasteiger partial charge on any atom is 0.161 e. The second-order valence-corrected chi connectivity index (χ2v) is 6.98. The Balaban J connectivity index is 1.79. The van der Waals surface area contributed by atoms with Gasteiger partial charge in [-0.05, 0) is 30.8 Å². The normalized spacial score (nSPS) is 32.9. The van der Waals surface area contributed by atoms with Gasteiger partial charge in [0.25, 0.3) is 0 Å². The van der Waals surface area contributed by atoms with Gasteiger partial charge in [0.2, 0.25) is 0 Å². The van der Waals surface area contributed by atoms with E-state index in [-0.39, 0.29) is 23.5 Å². The van der Waals surface area contributed by atoms with Crippen LogP contribution in [0.3, 0.4) is 0 Å².